The molecule has 0 amide bonds. The summed E-state index contributed by atoms with van der Waals surface area (Å²) in [5.41, 5.74) is -1.78. The van der Waals surface area contributed by atoms with E-state index in [-0.39, 0.29) is 5.15 Å². The van der Waals surface area contributed by atoms with Crippen LogP contribution in [-0.2, 0) is 0 Å². The predicted octanol–water partition coefficient (Wildman–Crippen LogP) is 1.67. The van der Waals surface area contributed by atoms with Crippen LogP contribution in [0.1, 0.15) is 12.0 Å². The largest absolute Gasteiger partial charge is 0.503 e. The number of aromatic amines is 1. The highest BCUT2D eigenvalue weighted by atomic mass is 35.5. The highest BCUT2D eigenvalue weighted by Gasteiger charge is 2.16. The third kappa shape index (κ3) is 1.55. The molecule has 0 aliphatic rings. The number of aromatic nitrogens is 1. The number of rotatable bonds is 1. The van der Waals surface area contributed by atoms with E-state index in [9.17, 15) is 13.6 Å². The van der Waals surface area contributed by atoms with Gasteiger partial charge in [0.25, 0.3) is 12.0 Å². The van der Waals surface area contributed by atoms with Crippen LogP contribution in [0.3, 0.4) is 0 Å². The van der Waals surface area contributed by atoms with Crippen LogP contribution in [0, 0.1) is 0 Å². The molecule has 0 aliphatic heterocycles. The summed E-state index contributed by atoms with van der Waals surface area (Å²) in [6.07, 6.45) is -2.91. The zero-order valence-electron chi connectivity index (χ0n) is 5.64. The molecule has 2 N–H and O–H groups in total. The number of hydrogen-bond donors (Lipinski definition) is 2. The maximum atomic E-state index is 12.0. The lowest BCUT2D eigenvalue weighted by atomic mass is 10.2. The lowest BCUT2D eigenvalue weighted by molar-refractivity contribution is 0.147. The molecule has 0 bridgehead atoms. The lowest BCUT2D eigenvalue weighted by Crippen LogP contribution is -2.07. The Labute approximate surface area is 70.6 Å². The Balaban J connectivity index is 3.38. The molecule has 1 aromatic rings. The van der Waals surface area contributed by atoms with E-state index in [0.717, 1.165) is 6.07 Å². The maximum Gasteiger partial charge on any atom is 0.291 e. The monoisotopic (exact) mass is 195 g/mol. The Kier molecular flexibility index (Phi) is 2.32. The molecule has 12 heavy (non-hydrogen) atoms. The van der Waals surface area contributed by atoms with Gasteiger partial charge < -0.3 is 10.1 Å². The molecule has 1 rings (SSSR count). The third-order valence-corrected chi connectivity index (χ3v) is 1.44. The van der Waals surface area contributed by atoms with Crippen LogP contribution in [0.2, 0.25) is 5.15 Å². The molecule has 3 nitrogen and oxygen atoms in total. The molecular weight excluding hydrogens is 192 g/mol. The number of nitrogens with one attached hydrogen (secondary N) is 1. The summed E-state index contributed by atoms with van der Waals surface area (Å²) in [4.78, 5) is 12.6. The summed E-state index contributed by atoms with van der Waals surface area (Å²) >= 11 is 5.27. The number of hydrogen-bond acceptors (Lipinski definition) is 2. The molecule has 1 heterocycles. The van der Waals surface area contributed by atoms with E-state index in [4.69, 9.17) is 16.7 Å². The Morgan fingerprint density at radius 3 is 2.67 bits per heavy atom. The molecular formula is C6H4ClF2NO2. The molecule has 0 saturated heterocycles. The molecule has 0 unspecified atom stereocenters. The van der Waals surface area contributed by atoms with Crippen molar-refractivity contribution in [2.24, 2.45) is 0 Å². The molecule has 0 atom stereocenters. The first-order valence-electron chi connectivity index (χ1n) is 2.92. The Morgan fingerprint density at radius 1 is 1.58 bits per heavy atom. The van der Waals surface area contributed by atoms with Crippen LogP contribution in [-0.4, -0.2) is 10.1 Å². The molecule has 6 heteroatoms. The second-order valence-corrected chi connectivity index (χ2v) is 2.46. The number of H-pyrrole nitrogens is 1. The Hall–Kier alpha value is -1.10. The second-order valence-electron chi connectivity index (χ2n) is 2.05. The van der Waals surface area contributed by atoms with Gasteiger partial charge in [0.15, 0.2) is 5.75 Å². The van der Waals surface area contributed by atoms with Crippen molar-refractivity contribution in [1.82, 2.24) is 4.98 Å². The zero-order chi connectivity index (χ0) is 9.30. The van der Waals surface area contributed by atoms with Crippen molar-refractivity contribution in [3.8, 4) is 5.75 Å². The average molecular weight is 196 g/mol. The van der Waals surface area contributed by atoms with Gasteiger partial charge in [0.1, 0.15) is 5.15 Å². The first kappa shape index (κ1) is 8.99. The van der Waals surface area contributed by atoms with E-state index < -0.39 is 23.3 Å². The highest BCUT2D eigenvalue weighted by Crippen LogP contribution is 2.26. The second kappa shape index (κ2) is 3.10. The van der Waals surface area contributed by atoms with E-state index in [2.05, 4.69) is 0 Å². The van der Waals surface area contributed by atoms with Crippen molar-refractivity contribution in [2.45, 2.75) is 6.43 Å². The van der Waals surface area contributed by atoms with E-state index in [1.807, 2.05) is 4.98 Å². The van der Waals surface area contributed by atoms with Gasteiger partial charge in [-0.25, -0.2) is 8.78 Å². The van der Waals surface area contributed by atoms with Crippen molar-refractivity contribution in [2.75, 3.05) is 0 Å². The molecule has 0 saturated carbocycles. The number of alkyl halides is 2. The average Bonchev–Trinajstić information content (AvgIpc) is 1.96. The first-order chi connectivity index (χ1) is 5.52. The molecule has 0 spiro atoms. The smallest absolute Gasteiger partial charge is 0.291 e. The summed E-state index contributed by atoms with van der Waals surface area (Å²) in [7, 11) is 0. The molecule has 66 valence electrons. The van der Waals surface area contributed by atoms with Crippen molar-refractivity contribution >= 4 is 11.6 Å². The standard InChI is InChI=1S/C6H4ClF2NO2/c7-3-1-2(5(8)9)4(11)6(12)10-3/h1,5,11H,(H,10,12). The van der Waals surface area contributed by atoms with Crippen molar-refractivity contribution < 1.29 is 13.9 Å². The van der Waals surface area contributed by atoms with Gasteiger partial charge in [-0.15, -0.1) is 0 Å². The van der Waals surface area contributed by atoms with Crippen LogP contribution in [0.15, 0.2) is 10.9 Å². The fourth-order valence-corrected chi connectivity index (χ4v) is 0.909. The van der Waals surface area contributed by atoms with E-state index in [0.29, 0.717) is 0 Å². The summed E-state index contributed by atoms with van der Waals surface area (Å²) in [6, 6.07) is 0.808. The van der Waals surface area contributed by atoms with Gasteiger partial charge >= 0.3 is 0 Å². The van der Waals surface area contributed by atoms with Crippen molar-refractivity contribution in [3.05, 3.63) is 27.1 Å². The van der Waals surface area contributed by atoms with Gasteiger partial charge in [0.2, 0.25) is 0 Å². The van der Waals surface area contributed by atoms with Gasteiger partial charge in [-0.3, -0.25) is 4.79 Å². The van der Waals surface area contributed by atoms with Crippen LogP contribution in [0.5, 0.6) is 5.75 Å². The Morgan fingerprint density at radius 2 is 2.17 bits per heavy atom. The molecule has 1 aromatic heterocycles. The van der Waals surface area contributed by atoms with Gasteiger partial charge in [-0.2, -0.15) is 0 Å². The van der Waals surface area contributed by atoms with E-state index >= 15 is 0 Å². The van der Waals surface area contributed by atoms with Crippen LogP contribution < -0.4 is 5.56 Å². The van der Waals surface area contributed by atoms with Gasteiger partial charge in [0.05, 0.1) is 5.56 Å². The Bertz CT molecular complexity index is 350. The quantitative estimate of drug-likeness (QED) is 0.670. The van der Waals surface area contributed by atoms with Gasteiger partial charge in [-0.05, 0) is 6.07 Å². The summed E-state index contributed by atoms with van der Waals surface area (Å²) in [6.45, 7) is 0. The highest BCUT2D eigenvalue weighted by molar-refractivity contribution is 6.29. The fraction of sp³-hybridized carbons (Fsp3) is 0.167. The van der Waals surface area contributed by atoms with E-state index in [1.165, 1.54) is 0 Å². The van der Waals surface area contributed by atoms with Crippen LogP contribution in [0.25, 0.3) is 0 Å². The summed E-state index contributed by atoms with van der Waals surface area (Å²) in [5, 5.41) is 8.58. The van der Waals surface area contributed by atoms with Crippen molar-refractivity contribution in [3.63, 3.8) is 0 Å². The predicted molar refractivity (Wildman–Crippen MR) is 38.7 cm³/mol. The molecule has 0 aliphatic carbocycles. The minimum Gasteiger partial charge on any atom is -0.503 e. The molecule has 0 radical (unpaired) electrons. The van der Waals surface area contributed by atoms with Gasteiger partial charge in [-0.1, -0.05) is 11.6 Å². The number of halogens is 3. The minimum absolute atomic E-state index is 0.229. The molecule has 0 fully saturated rings. The zero-order valence-corrected chi connectivity index (χ0v) is 6.40. The normalized spacial score (nSPS) is 10.7. The summed E-state index contributed by atoms with van der Waals surface area (Å²) in [5.74, 6) is -0.991. The number of pyridine rings is 1. The van der Waals surface area contributed by atoms with Crippen molar-refractivity contribution in [1.29, 1.82) is 0 Å². The third-order valence-electron chi connectivity index (χ3n) is 1.24. The van der Waals surface area contributed by atoms with Crippen LogP contribution in [0.4, 0.5) is 8.78 Å². The first-order valence-corrected chi connectivity index (χ1v) is 3.30. The van der Waals surface area contributed by atoms with E-state index in [1.54, 1.807) is 0 Å². The minimum atomic E-state index is -2.91. The number of aromatic hydroxyl groups is 1. The molecule has 0 aromatic carbocycles. The fourth-order valence-electron chi connectivity index (χ4n) is 0.706. The summed E-state index contributed by atoms with van der Waals surface area (Å²) < 4.78 is 24.0. The maximum absolute atomic E-state index is 12.0. The lowest BCUT2D eigenvalue weighted by Gasteiger charge is -2.01. The topological polar surface area (TPSA) is 53.1 Å². The van der Waals surface area contributed by atoms with Crippen LogP contribution >= 0.6 is 11.6 Å². The SMILES string of the molecule is O=c1[nH]c(Cl)cc(C(F)F)c1O. The van der Waals surface area contributed by atoms with Gasteiger partial charge in [0, 0.05) is 0 Å².